The molecule has 21 heavy (non-hydrogen) atoms. The minimum atomic E-state index is -0.0526. The van der Waals surface area contributed by atoms with Crippen LogP contribution in [0.1, 0.15) is 30.8 Å². The van der Waals surface area contributed by atoms with Crippen LogP contribution in [0.5, 0.6) is 5.75 Å². The van der Waals surface area contributed by atoms with Crippen LogP contribution < -0.4 is 10.5 Å². The van der Waals surface area contributed by atoms with Gasteiger partial charge in [0, 0.05) is 12.1 Å². The highest BCUT2D eigenvalue weighted by molar-refractivity contribution is 6.34. The number of nitrogens with two attached hydrogens (primary N) is 1. The van der Waals surface area contributed by atoms with Crippen molar-refractivity contribution in [3.05, 3.63) is 46.2 Å². The molecule has 5 nitrogen and oxygen atoms in total. The zero-order valence-electron chi connectivity index (χ0n) is 12.2. The zero-order chi connectivity index (χ0) is 15.4. The predicted octanol–water partition coefficient (Wildman–Crippen LogP) is 2.98. The van der Waals surface area contributed by atoms with Crippen molar-refractivity contribution in [2.24, 2.45) is 5.73 Å². The van der Waals surface area contributed by atoms with E-state index >= 15 is 0 Å². The first-order valence-corrected chi connectivity index (χ1v) is 7.25. The van der Waals surface area contributed by atoms with Crippen LogP contribution in [0.2, 0.25) is 5.02 Å². The Morgan fingerprint density at radius 2 is 2.14 bits per heavy atom. The average molecular weight is 307 g/mol. The van der Waals surface area contributed by atoms with Crippen LogP contribution in [0.25, 0.3) is 0 Å². The molecule has 1 heterocycles. The van der Waals surface area contributed by atoms with Crippen molar-refractivity contribution in [2.75, 3.05) is 0 Å². The summed E-state index contributed by atoms with van der Waals surface area (Å²) in [5.74, 6) is 0.593. The van der Waals surface area contributed by atoms with Gasteiger partial charge in [-0.3, -0.25) is 10.1 Å². The van der Waals surface area contributed by atoms with E-state index < -0.39 is 0 Å². The van der Waals surface area contributed by atoms with E-state index in [0.29, 0.717) is 22.9 Å². The van der Waals surface area contributed by atoms with Gasteiger partial charge in [-0.25, -0.2) is 0 Å². The van der Waals surface area contributed by atoms with Gasteiger partial charge in [0.05, 0.1) is 16.4 Å². The van der Waals surface area contributed by atoms with Gasteiger partial charge < -0.3 is 10.5 Å². The molecule has 2 aromatic rings. The molecule has 112 valence electrons. The van der Waals surface area contributed by atoms with Gasteiger partial charge >= 0.3 is 0 Å². The number of nitrogens with one attached hydrogen (secondary N) is 1. The number of hydrogen-bond acceptors (Lipinski definition) is 3. The molecule has 1 aromatic carbocycles. The van der Waals surface area contributed by atoms with E-state index in [1.807, 2.05) is 4.68 Å². The Morgan fingerprint density at radius 1 is 1.38 bits per heavy atom. The van der Waals surface area contributed by atoms with E-state index in [-0.39, 0.29) is 5.84 Å². The molecule has 0 saturated heterocycles. The third kappa shape index (κ3) is 3.55. The monoisotopic (exact) mass is 306 g/mol. The SMILES string of the molecule is CCc1cc(COc2ccc(C(=N)N)c(Cl)c2)n(CC)n1. The lowest BCUT2D eigenvalue weighted by atomic mass is 10.2. The fraction of sp³-hybridized carbons (Fsp3) is 0.333. The number of aryl methyl sites for hydroxylation is 2. The van der Waals surface area contributed by atoms with E-state index in [9.17, 15) is 0 Å². The van der Waals surface area contributed by atoms with Crippen LogP contribution in [0.3, 0.4) is 0 Å². The molecule has 0 radical (unpaired) electrons. The summed E-state index contributed by atoms with van der Waals surface area (Å²) < 4.78 is 7.69. The maximum atomic E-state index is 7.40. The van der Waals surface area contributed by atoms with Gasteiger partial charge in [0.25, 0.3) is 0 Å². The van der Waals surface area contributed by atoms with Crippen LogP contribution in [0, 0.1) is 5.41 Å². The highest BCUT2D eigenvalue weighted by Gasteiger charge is 2.08. The highest BCUT2D eigenvalue weighted by Crippen LogP contribution is 2.23. The molecule has 0 atom stereocenters. The van der Waals surface area contributed by atoms with Crippen LogP contribution in [-0.4, -0.2) is 15.6 Å². The number of amidine groups is 1. The smallest absolute Gasteiger partial charge is 0.130 e. The van der Waals surface area contributed by atoms with E-state index in [4.69, 9.17) is 27.5 Å². The maximum Gasteiger partial charge on any atom is 0.130 e. The van der Waals surface area contributed by atoms with Crippen LogP contribution in [-0.2, 0) is 19.6 Å². The fourth-order valence-corrected chi connectivity index (χ4v) is 2.31. The largest absolute Gasteiger partial charge is 0.487 e. The first-order valence-electron chi connectivity index (χ1n) is 6.87. The quantitative estimate of drug-likeness (QED) is 0.636. The number of nitrogens with zero attached hydrogens (tertiary/aromatic N) is 2. The second-order valence-corrected chi connectivity index (χ2v) is 5.05. The molecule has 1 aromatic heterocycles. The lowest BCUT2D eigenvalue weighted by molar-refractivity contribution is 0.292. The van der Waals surface area contributed by atoms with E-state index in [2.05, 4.69) is 25.0 Å². The molecule has 0 aliphatic heterocycles. The molecule has 0 aliphatic carbocycles. The molecule has 0 amide bonds. The summed E-state index contributed by atoms with van der Waals surface area (Å²) in [5.41, 5.74) is 8.03. The summed E-state index contributed by atoms with van der Waals surface area (Å²) in [6, 6.07) is 7.17. The number of benzene rings is 1. The Balaban J connectivity index is 2.11. The predicted molar refractivity (Wildman–Crippen MR) is 84.1 cm³/mol. The molecule has 0 spiro atoms. The van der Waals surface area contributed by atoms with Crippen molar-refractivity contribution < 1.29 is 4.74 Å². The van der Waals surface area contributed by atoms with Gasteiger partial charge in [0.2, 0.25) is 0 Å². The van der Waals surface area contributed by atoms with E-state index in [1.54, 1.807) is 18.2 Å². The van der Waals surface area contributed by atoms with E-state index in [1.165, 1.54) is 0 Å². The van der Waals surface area contributed by atoms with Crippen LogP contribution >= 0.6 is 11.6 Å². The van der Waals surface area contributed by atoms with E-state index in [0.717, 1.165) is 24.4 Å². The Bertz CT molecular complexity index is 651. The number of nitrogen functional groups attached to an aromatic ring is 1. The maximum absolute atomic E-state index is 7.40. The molecule has 0 aliphatic rings. The molecule has 0 bridgehead atoms. The molecule has 3 N–H and O–H groups in total. The van der Waals surface area contributed by atoms with Crippen LogP contribution in [0.15, 0.2) is 24.3 Å². The standard InChI is InChI=1S/C15H19ClN4O/c1-3-10-7-11(20(4-2)19-10)9-21-12-5-6-13(15(17)18)14(16)8-12/h5-8H,3-4,9H2,1-2H3,(H3,17,18). The second-order valence-electron chi connectivity index (χ2n) is 4.64. The van der Waals surface area contributed by atoms with Crippen molar-refractivity contribution >= 4 is 17.4 Å². The number of ether oxygens (including phenoxy) is 1. The molecular weight excluding hydrogens is 288 g/mol. The van der Waals surface area contributed by atoms with Crippen molar-refractivity contribution in [1.29, 1.82) is 5.41 Å². The van der Waals surface area contributed by atoms with Crippen molar-refractivity contribution in [3.8, 4) is 5.75 Å². The van der Waals surface area contributed by atoms with Gasteiger partial charge in [-0.05, 0) is 37.6 Å². The summed E-state index contributed by atoms with van der Waals surface area (Å²) in [6.07, 6.45) is 0.902. The minimum absolute atomic E-state index is 0.0526. The van der Waals surface area contributed by atoms with Gasteiger partial charge in [-0.15, -0.1) is 0 Å². The summed E-state index contributed by atoms with van der Waals surface area (Å²) >= 11 is 6.07. The topological polar surface area (TPSA) is 76.9 Å². The number of aromatic nitrogens is 2. The summed E-state index contributed by atoms with van der Waals surface area (Å²) in [5, 5.41) is 12.3. The van der Waals surface area contributed by atoms with Gasteiger partial charge in [-0.1, -0.05) is 18.5 Å². The van der Waals surface area contributed by atoms with Crippen LogP contribution in [0.4, 0.5) is 0 Å². The highest BCUT2D eigenvalue weighted by atomic mass is 35.5. The Morgan fingerprint density at radius 3 is 2.71 bits per heavy atom. The third-order valence-corrected chi connectivity index (χ3v) is 3.51. The molecule has 6 heteroatoms. The lowest BCUT2D eigenvalue weighted by Gasteiger charge is -2.09. The zero-order valence-corrected chi connectivity index (χ0v) is 12.9. The number of rotatable bonds is 6. The normalized spacial score (nSPS) is 10.6. The van der Waals surface area contributed by atoms with Crippen molar-refractivity contribution in [3.63, 3.8) is 0 Å². The van der Waals surface area contributed by atoms with Gasteiger partial charge in [-0.2, -0.15) is 5.10 Å². The van der Waals surface area contributed by atoms with Crippen molar-refractivity contribution in [1.82, 2.24) is 9.78 Å². The Kier molecular flexibility index (Phi) is 4.85. The molecule has 2 rings (SSSR count). The lowest BCUT2D eigenvalue weighted by Crippen LogP contribution is -2.11. The van der Waals surface area contributed by atoms with Crippen molar-refractivity contribution in [2.45, 2.75) is 33.4 Å². The first-order chi connectivity index (χ1) is 10.0. The third-order valence-electron chi connectivity index (χ3n) is 3.19. The average Bonchev–Trinajstić information content (AvgIpc) is 2.87. The van der Waals surface area contributed by atoms with Gasteiger partial charge in [0.1, 0.15) is 18.2 Å². The molecule has 0 fully saturated rings. The number of hydrogen-bond donors (Lipinski definition) is 2. The second kappa shape index (κ2) is 6.63. The number of halogens is 1. The molecule has 0 unspecified atom stereocenters. The minimum Gasteiger partial charge on any atom is -0.487 e. The Labute approximate surface area is 129 Å². The summed E-state index contributed by atoms with van der Waals surface area (Å²) in [7, 11) is 0. The fourth-order valence-electron chi connectivity index (χ4n) is 2.04. The van der Waals surface area contributed by atoms with Gasteiger partial charge in [0.15, 0.2) is 0 Å². The summed E-state index contributed by atoms with van der Waals surface area (Å²) in [4.78, 5) is 0. The molecule has 0 saturated carbocycles. The molecular formula is C15H19ClN4O. The Hall–Kier alpha value is -2.01. The summed E-state index contributed by atoms with van der Waals surface area (Å²) in [6.45, 7) is 5.36. The first kappa shape index (κ1) is 15.4.